The predicted octanol–water partition coefficient (Wildman–Crippen LogP) is 3.44. The van der Waals surface area contributed by atoms with E-state index in [9.17, 15) is 4.79 Å². The highest BCUT2D eigenvalue weighted by atomic mass is 79.9. The first-order valence-corrected chi connectivity index (χ1v) is 6.24. The lowest BCUT2D eigenvalue weighted by Gasteiger charge is -2.10. The van der Waals surface area contributed by atoms with Gasteiger partial charge in [0.05, 0.1) is 9.50 Å². The molecule has 0 bridgehead atoms. The summed E-state index contributed by atoms with van der Waals surface area (Å²) in [7, 11) is 0. The summed E-state index contributed by atoms with van der Waals surface area (Å²) in [6.07, 6.45) is 1.59. The van der Waals surface area contributed by atoms with E-state index in [0.717, 1.165) is 0 Å². The highest BCUT2D eigenvalue weighted by Crippen LogP contribution is 2.35. The molecule has 0 radical (unpaired) electrons. The molecule has 0 aliphatic rings. The summed E-state index contributed by atoms with van der Waals surface area (Å²) in [6.45, 7) is 3.77. The molecule has 0 unspecified atom stereocenters. The highest BCUT2D eigenvalue weighted by Gasteiger charge is 2.10. The zero-order chi connectivity index (χ0) is 12.8. The van der Waals surface area contributed by atoms with Gasteiger partial charge in [0, 0.05) is 11.6 Å². The van der Waals surface area contributed by atoms with E-state index < -0.39 is 0 Å². The van der Waals surface area contributed by atoms with E-state index in [2.05, 4.69) is 27.8 Å². The van der Waals surface area contributed by atoms with Crippen molar-refractivity contribution >= 4 is 45.0 Å². The summed E-state index contributed by atoms with van der Waals surface area (Å²) in [6, 6.07) is 3.19. The van der Waals surface area contributed by atoms with Crippen LogP contribution in [0.1, 0.15) is 0 Å². The molecule has 0 heterocycles. The van der Waals surface area contributed by atoms with Crippen LogP contribution in [0.3, 0.4) is 0 Å². The number of rotatable bonds is 5. The van der Waals surface area contributed by atoms with Crippen LogP contribution < -0.4 is 10.1 Å². The van der Waals surface area contributed by atoms with Crippen LogP contribution in [-0.4, -0.2) is 19.1 Å². The Kier molecular flexibility index (Phi) is 5.82. The normalized spacial score (nSPS) is 9.82. The molecule has 17 heavy (non-hydrogen) atoms. The smallest absolute Gasteiger partial charge is 0.258 e. The minimum atomic E-state index is -0.247. The molecular formula is C11H10BrCl2NO2. The van der Waals surface area contributed by atoms with Crippen molar-refractivity contribution in [3.05, 3.63) is 39.3 Å². The Hall–Kier alpha value is -0.710. The van der Waals surface area contributed by atoms with Crippen LogP contribution in [0, 0.1) is 0 Å². The largest absolute Gasteiger partial charge is 0.481 e. The van der Waals surface area contributed by atoms with Crippen LogP contribution in [0.5, 0.6) is 5.75 Å². The molecule has 6 heteroatoms. The number of carbonyl (C=O) groups excluding carboxylic acids is 1. The predicted molar refractivity (Wildman–Crippen MR) is 72.9 cm³/mol. The second-order valence-corrected chi connectivity index (χ2v) is 4.78. The number of amides is 1. The summed E-state index contributed by atoms with van der Waals surface area (Å²) in [5.41, 5.74) is 0. The summed E-state index contributed by atoms with van der Waals surface area (Å²) < 4.78 is 5.90. The van der Waals surface area contributed by atoms with Gasteiger partial charge in [0.25, 0.3) is 5.91 Å². The summed E-state index contributed by atoms with van der Waals surface area (Å²) in [4.78, 5) is 11.3. The molecule has 1 aromatic rings. The molecule has 0 aliphatic heterocycles. The third-order valence-corrected chi connectivity index (χ3v) is 2.84. The van der Waals surface area contributed by atoms with Crippen molar-refractivity contribution in [3.8, 4) is 5.75 Å². The molecule has 0 atom stereocenters. The van der Waals surface area contributed by atoms with Crippen LogP contribution in [-0.2, 0) is 4.79 Å². The fraction of sp³-hybridized carbons (Fsp3) is 0.182. The third kappa shape index (κ3) is 4.58. The molecule has 1 rings (SSSR count). The van der Waals surface area contributed by atoms with Gasteiger partial charge in [-0.1, -0.05) is 29.3 Å². The Morgan fingerprint density at radius 1 is 1.53 bits per heavy atom. The summed E-state index contributed by atoms with van der Waals surface area (Å²) in [5, 5.41) is 3.43. The number of hydrogen-bond donors (Lipinski definition) is 1. The van der Waals surface area contributed by atoms with Gasteiger partial charge < -0.3 is 10.1 Å². The average molecular weight is 339 g/mol. The van der Waals surface area contributed by atoms with E-state index >= 15 is 0 Å². The SMILES string of the molecule is C=CCNC(=O)COc1c(Cl)cc(Cl)cc1Br. The maximum absolute atomic E-state index is 11.3. The van der Waals surface area contributed by atoms with Crippen molar-refractivity contribution in [3.63, 3.8) is 0 Å². The molecule has 0 aromatic heterocycles. The maximum Gasteiger partial charge on any atom is 0.258 e. The van der Waals surface area contributed by atoms with Gasteiger partial charge in [0.1, 0.15) is 0 Å². The van der Waals surface area contributed by atoms with Crippen molar-refractivity contribution in [2.45, 2.75) is 0 Å². The van der Waals surface area contributed by atoms with Crippen LogP contribution in [0.15, 0.2) is 29.3 Å². The molecule has 0 spiro atoms. The zero-order valence-corrected chi connectivity index (χ0v) is 11.9. The number of halogens is 3. The number of nitrogens with one attached hydrogen (secondary N) is 1. The third-order valence-electron chi connectivity index (χ3n) is 1.75. The molecule has 0 saturated heterocycles. The number of benzene rings is 1. The van der Waals surface area contributed by atoms with E-state index in [1.807, 2.05) is 0 Å². The van der Waals surface area contributed by atoms with Gasteiger partial charge in [-0.25, -0.2) is 0 Å². The average Bonchev–Trinajstić information content (AvgIpc) is 2.24. The van der Waals surface area contributed by atoms with Crippen LogP contribution in [0.2, 0.25) is 10.0 Å². The highest BCUT2D eigenvalue weighted by molar-refractivity contribution is 9.10. The quantitative estimate of drug-likeness (QED) is 0.835. The van der Waals surface area contributed by atoms with Crippen molar-refractivity contribution in [1.82, 2.24) is 5.32 Å². The van der Waals surface area contributed by atoms with E-state index in [1.165, 1.54) is 0 Å². The second-order valence-electron chi connectivity index (χ2n) is 3.08. The van der Waals surface area contributed by atoms with E-state index in [0.29, 0.717) is 26.8 Å². The Morgan fingerprint density at radius 2 is 2.24 bits per heavy atom. The molecular weight excluding hydrogens is 329 g/mol. The summed E-state index contributed by atoms with van der Waals surface area (Å²) in [5.74, 6) is 0.146. The van der Waals surface area contributed by atoms with Crippen molar-refractivity contribution in [2.24, 2.45) is 0 Å². The van der Waals surface area contributed by atoms with Gasteiger partial charge >= 0.3 is 0 Å². The fourth-order valence-corrected chi connectivity index (χ4v) is 2.41. The standard InChI is InChI=1S/C11H10BrCl2NO2/c1-2-3-15-10(16)6-17-11-8(12)4-7(13)5-9(11)14/h2,4-5H,1,3,6H2,(H,15,16). The number of ether oxygens (including phenoxy) is 1. The van der Waals surface area contributed by atoms with Crippen molar-refractivity contribution < 1.29 is 9.53 Å². The molecule has 92 valence electrons. The topological polar surface area (TPSA) is 38.3 Å². The van der Waals surface area contributed by atoms with Gasteiger partial charge in [0.2, 0.25) is 0 Å². The second kappa shape index (κ2) is 6.89. The summed E-state index contributed by atoms with van der Waals surface area (Å²) >= 11 is 15.0. The van der Waals surface area contributed by atoms with Gasteiger partial charge in [-0.05, 0) is 28.1 Å². The van der Waals surface area contributed by atoms with Crippen LogP contribution in [0.4, 0.5) is 0 Å². The first kappa shape index (κ1) is 14.4. The minimum Gasteiger partial charge on any atom is -0.481 e. The number of carbonyl (C=O) groups is 1. The Morgan fingerprint density at radius 3 is 2.82 bits per heavy atom. The molecule has 1 amide bonds. The Bertz CT molecular complexity index is 414. The van der Waals surface area contributed by atoms with Crippen LogP contribution >= 0.6 is 39.1 Å². The lowest BCUT2D eigenvalue weighted by molar-refractivity contribution is -0.122. The molecule has 0 saturated carbocycles. The molecule has 1 N–H and O–H groups in total. The maximum atomic E-state index is 11.3. The van der Waals surface area contributed by atoms with Gasteiger partial charge in [-0.15, -0.1) is 6.58 Å². The van der Waals surface area contributed by atoms with Crippen molar-refractivity contribution in [2.75, 3.05) is 13.2 Å². The molecule has 0 fully saturated rings. The van der Waals surface area contributed by atoms with Crippen LogP contribution in [0.25, 0.3) is 0 Å². The number of hydrogen-bond acceptors (Lipinski definition) is 2. The monoisotopic (exact) mass is 337 g/mol. The van der Waals surface area contributed by atoms with Gasteiger partial charge in [-0.2, -0.15) is 0 Å². The van der Waals surface area contributed by atoms with Gasteiger partial charge in [0.15, 0.2) is 12.4 Å². The Labute approximate surface area is 118 Å². The first-order valence-electron chi connectivity index (χ1n) is 4.69. The molecule has 0 aliphatic carbocycles. The van der Waals surface area contributed by atoms with E-state index in [-0.39, 0.29) is 12.5 Å². The lowest BCUT2D eigenvalue weighted by atomic mass is 10.3. The first-order chi connectivity index (χ1) is 8.04. The van der Waals surface area contributed by atoms with E-state index in [1.54, 1.807) is 18.2 Å². The van der Waals surface area contributed by atoms with Crippen molar-refractivity contribution in [1.29, 1.82) is 0 Å². The van der Waals surface area contributed by atoms with Gasteiger partial charge in [-0.3, -0.25) is 4.79 Å². The Balaban J connectivity index is 2.63. The molecule has 1 aromatic carbocycles. The lowest BCUT2D eigenvalue weighted by Crippen LogP contribution is -2.28. The zero-order valence-electron chi connectivity index (χ0n) is 8.80. The fourth-order valence-electron chi connectivity index (χ4n) is 1.04. The van der Waals surface area contributed by atoms with E-state index in [4.69, 9.17) is 27.9 Å². The minimum absolute atomic E-state index is 0.117. The molecule has 3 nitrogen and oxygen atoms in total.